The first-order valence-corrected chi connectivity index (χ1v) is 5.73. The predicted octanol–water partition coefficient (Wildman–Crippen LogP) is 2.61. The number of para-hydroxylation sites is 1. The molecule has 0 amide bonds. The van der Waals surface area contributed by atoms with Gasteiger partial charge in [0.1, 0.15) is 0 Å². The third kappa shape index (κ3) is 2.07. The molecule has 0 aliphatic carbocycles. The van der Waals surface area contributed by atoms with E-state index in [-0.39, 0.29) is 0 Å². The number of fused-ring (bicyclic) bond motifs is 1. The summed E-state index contributed by atoms with van der Waals surface area (Å²) in [5, 5.41) is 4.42. The quantitative estimate of drug-likeness (QED) is 0.849. The fourth-order valence-corrected chi connectivity index (χ4v) is 2.00. The Bertz CT molecular complexity index is 503. The Labute approximate surface area is 96.7 Å². The van der Waals surface area contributed by atoms with Crippen LogP contribution < -0.4 is 5.32 Å². The van der Waals surface area contributed by atoms with E-state index in [9.17, 15) is 0 Å². The lowest BCUT2D eigenvalue weighted by Gasteiger charge is -2.08. The molecule has 0 saturated carbocycles. The normalized spacial score (nSPS) is 10.9. The van der Waals surface area contributed by atoms with E-state index in [4.69, 9.17) is 4.98 Å². The van der Waals surface area contributed by atoms with E-state index >= 15 is 0 Å². The second kappa shape index (κ2) is 4.62. The Morgan fingerprint density at radius 2 is 2.06 bits per heavy atom. The van der Waals surface area contributed by atoms with Crippen molar-refractivity contribution >= 4 is 10.9 Å². The van der Waals surface area contributed by atoms with Crippen LogP contribution in [0.2, 0.25) is 0 Å². The zero-order valence-corrected chi connectivity index (χ0v) is 10.2. The number of aromatic nitrogens is 1. The first kappa shape index (κ1) is 11.1. The summed E-state index contributed by atoms with van der Waals surface area (Å²) in [6.45, 7) is 5.21. The van der Waals surface area contributed by atoms with E-state index in [1.54, 1.807) is 0 Å². The molecule has 0 aliphatic heterocycles. The molecule has 84 valence electrons. The first-order valence-electron chi connectivity index (χ1n) is 5.73. The molecule has 16 heavy (non-hydrogen) atoms. The molecule has 2 heteroatoms. The smallest absolute Gasteiger partial charge is 0.0734 e. The summed E-state index contributed by atoms with van der Waals surface area (Å²) in [7, 11) is 1.98. The number of aryl methyl sites for hydroxylation is 2. The standard InChI is InChI=1S/C14H18N2/c1-10-5-4-6-13-9-12(7-8-15-3)11(2)16-14(10)13/h4-6,9,15H,7-8H2,1-3H3. The topological polar surface area (TPSA) is 24.9 Å². The number of hydrogen-bond acceptors (Lipinski definition) is 2. The first-order chi connectivity index (χ1) is 7.72. The summed E-state index contributed by atoms with van der Waals surface area (Å²) < 4.78 is 0. The van der Waals surface area contributed by atoms with Crippen molar-refractivity contribution in [2.45, 2.75) is 20.3 Å². The minimum absolute atomic E-state index is 1.000. The van der Waals surface area contributed by atoms with Gasteiger partial charge in [0.2, 0.25) is 0 Å². The Morgan fingerprint density at radius 3 is 2.81 bits per heavy atom. The number of nitrogens with zero attached hydrogens (tertiary/aromatic N) is 1. The molecule has 1 aromatic heterocycles. The highest BCUT2D eigenvalue weighted by Crippen LogP contribution is 2.19. The van der Waals surface area contributed by atoms with E-state index in [0.717, 1.165) is 24.2 Å². The Kier molecular flexibility index (Phi) is 3.20. The van der Waals surface area contributed by atoms with Crippen LogP contribution in [0.5, 0.6) is 0 Å². The number of rotatable bonds is 3. The zero-order chi connectivity index (χ0) is 11.5. The summed E-state index contributed by atoms with van der Waals surface area (Å²) in [6.07, 6.45) is 1.04. The Balaban J connectivity index is 2.50. The van der Waals surface area contributed by atoms with Crippen LogP contribution in [-0.4, -0.2) is 18.6 Å². The zero-order valence-electron chi connectivity index (χ0n) is 10.2. The lowest BCUT2D eigenvalue weighted by atomic mass is 10.0. The van der Waals surface area contributed by atoms with Crippen molar-refractivity contribution in [1.29, 1.82) is 0 Å². The molecular weight excluding hydrogens is 196 g/mol. The molecule has 0 aliphatic rings. The van der Waals surface area contributed by atoms with Crippen molar-refractivity contribution in [3.05, 3.63) is 41.1 Å². The van der Waals surface area contributed by atoms with Gasteiger partial charge >= 0.3 is 0 Å². The minimum atomic E-state index is 1.000. The average molecular weight is 214 g/mol. The molecule has 0 unspecified atom stereocenters. The lowest BCUT2D eigenvalue weighted by molar-refractivity contribution is 0.786. The van der Waals surface area contributed by atoms with Crippen LogP contribution in [0, 0.1) is 13.8 Å². The average Bonchev–Trinajstić information content (AvgIpc) is 2.28. The summed E-state index contributed by atoms with van der Waals surface area (Å²) in [6, 6.07) is 8.61. The van der Waals surface area contributed by atoms with Crippen LogP contribution in [0.25, 0.3) is 10.9 Å². The highest BCUT2D eigenvalue weighted by atomic mass is 14.8. The molecule has 2 nitrogen and oxygen atoms in total. The molecule has 0 fully saturated rings. The maximum atomic E-state index is 4.70. The Hall–Kier alpha value is -1.41. The van der Waals surface area contributed by atoms with E-state index in [0.29, 0.717) is 0 Å². The maximum absolute atomic E-state index is 4.70. The van der Waals surface area contributed by atoms with Crippen LogP contribution in [0.4, 0.5) is 0 Å². The maximum Gasteiger partial charge on any atom is 0.0734 e. The third-order valence-electron chi connectivity index (χ3n) is 2.99. The number of likely N-dealkylation sites (N-methyl/N-ethyl adjacent to an activating group) is 1. The van der Waals surface area contributed by atoms with Crippen molar-refractivity contribution < 1.29 is 0 Å². The SMILES string of the molecule is CNCCc1cc2cccc(C)c2nc1C. The number of nitrogens with one attached hydrogen (secondary N) is 1. The van der Waals surface area contributed by atoms with Gasteiger partial charge in [0.15, 0.2) is 0 Å². The van der Waals surface area contributed by atoms with E-state index in [1.165, 1.54) is 16.5 Å². The molecule has 0 radical (unpaired) electrons. The highest BCUT2D eigenvalue weighted by molar-refractivity contribution is 5.82. The molecular formula is C14H18N2. The molecule has 1 aromatic carbocycles. The molecule has 0 bridgehead atoms. The highest BCUT2D eigenvalue weighted by Gasteiger charge is 2.04. The number of hydrogen-bond donors (Lipinski definition) is 1. The van der Waals surface area contributed by atoms with Crippen LogP contribution in [0.15, 0.2) is 24.3 Å². The number of pyridine rings is 1. The van der Waals surface area contributed by atoms with E-state index < -0.39 is 0 Å². The molecule has 0 spiro atoms. The number of benzene rings is 1. The van der Waals surface area contributed by atoms with Gasteiger partial charge in [-0.2, -0.15) is 0 Å². The van der Waals surface area contributed by atoms with Gasteiger partial charge in [0, 0.05) is 11.1 Å². The molecule has 2 rings (SSSR count). The second-order valence-electron chi connectivity index (χ2n) is 4.23. The van der Waals surface area contributed by atoms with Crippen molar-refractivity contribution in [3.63, 3.8) is 0 Å². The largest absolute Gasteiger partial charge is 0.319 e. The molecule has 2 aromatic rings. The summed E-state index contributed by atoms with van der Waals surface area (Å²) in [4.78, 5) is 4.70. The van der Waals surface area contributed by atoms with Crippen molar-refractivity contribution in [1.82, 2.24) is 10.3 Å². The Morgan fingerprint density at radius 1 is 1.25 bits per heavy atom. The van der Waals surface area contributed by atoms with Gasteiger partial charge in [-0.1, -0.05) is 18.2 Å². The van der Waals surface area contributed by atoms with Crippen molar-refractivity contribution in [3.8, 4) is 0 Å². The molecule has 0 atom stereocenters. The van der Waals surface area contributed by atoms with Crippen LogP contribution >= 0.6 is 0 Å². The van der Waals surface area contributed by atoms with Crippen LogP contribution in [0.1, 0.15) is 16.8 Å². The van der Waals surface area contributed by atoms with Gasteiger partial charge in [-0.15, -0.1) is 0 Å². The molecule has 1 N–H and O–H groups in total. The van der Waals surface area contributed by atoms with Gasteiger partial charge in [-0.05, 0) is 51.1 Å². The fourth-order valence-electron chi connectivity index (χ4n) is 2.00. The van der Waals surface area contributed by atoms with E-state index in [1.807, 2.05) is 7.05 Å². The van der Waals surface area contributed by atoms with Gasteiger partial charge in [-0.3, -0.25) is 4.98 Å². The third-order valence-corrected chi connectivity index (χ3v) is 2.99. The predicted molar refractivity (Wildman–Crippen MR) is 68.8 cm³/mol. The summed E-state index contributed by atoms with van der Waals surface area (Å²) in [5.74, 6) is 0. The molecule has 1 heterocycles. The lowest BCUT2D eigenvalue weighted by Crippen LogP contribution is -2.11. The van der Waals surface area contributed by atoms with Gasteiger partial charge < -0.3 is 5.32 Å². The second-order valence-corrected chi connectivity index (χ2v) is 4.23. The minimum Gasteiger partial charge on any atom is -0.319 e. The monoisotopic (exact) mass is 214 g/mol. The van der Waals surface area contributed by atoms with Crippen LogP contribution in [0.3, 0.4) is 0 Å². The summed E-state index contributed by atoms with van der Waals surface area (Å²) in [5.41, 5.74) is 4.87. The fraction of sp³-hybridized carbons (Fsp3) is 0.357. The van der Waals surface area contributed by atoms with Gasteiger partial charge in [0.05, 0.1) is 5.52 Å². The van der Waals surface area contributed by atoms with Gasteiger partial charge in [0.25, 0.3) is 0 Å². The van der Waals surface area contributed by atoms with Crippen molar-refractivity contribution in [2.24, 2.45) is 0 Å². The van der Waals surface area contributed by atoms with Gasteiger partial charge in [-0.25, -0.2) is 0 Å². The molecule has 0 saturated heterocycles. The summed E-state index contributed by atoms with van der Waals surface area (Å²) >= 11 is 0. The van der Waals surface area contributed by atoms with Crippen LogP contribution in [-0.2, 0) is 6.42 Å². The van der Waals surface area contributed by atoms with Crippen molar-refractivity contribution in [2.75, 3.05) is 13.6 Å². The van der Waals surface area contributed by atoms with E-state index in [2.05, 4.69) is 43.4 Å².